The smallest absolute Gasteiger partial charge is 0.321 e. The molecular weight excluding hydrogens is 220 g/mol. The summed E-state index contributed by atoms with van der Waals surface area (Å²) in [4.78, 5) is 22.3. The molecule has 1 saturated heterocycles. The number of halogens is 1. The van der Waals surface area contributed by atoms with Crippen LogP contribution < -0.4 is 10.6 Å². The molecule has 1 aliphatic heterocycles. The second-order valence-electron chi connectivity index (χ2n) is 3.47. The van der Waals surface area contributed by atoms with E-state index in [2.05, 4.69) is 10.6 Å². The first-order valence-corrected chi connectivity index (χ1v) is 5.36. The highest BCUT2D eigenvalue weighted by atomic mass is 35.5. The topological polar surface area (TPSA) is 67.4 Å². The SMILES string of the molecule is CC(Cl)C(=O)NC(=O)NC1CCOCC1. The molecule has 6 heteroatoms. The average molecular weight is 235 g/mol. The Morgan fingerprint density at radius 1 is 1.40 bits per heavy atom. The van der Waals surface area contributed by atoms with Crippen LogP contribution in [0, 0.1) is 0 Å². The van der Waals surface area contributed by atoms with E-state index in [1.165, 1.54) is 6.92 Å². The molecule has 1 heterocycles. The normalized spacial score (nSPS) is 19.3. The molecule has 0 aromatic carbocycles. The van der Waals surface area contributed by atoms with Crippen LogP contribution in [0.15, 0.2) is 0 Å². The van der Waals surface area contributed by atoms with Crippen LogP contribution in [0.5, 0.6) is 0 Å². The molecule has 1 fully saturated rings. The molecule has 0 spiro atoms. The first kappa shape index (κ1) is 12.3. The van der Waals surface area contributed by atoms with Gasteiger partial charge in [-0.3, -0.25) is 10.1 Å². The highest BCUT2D eigenvalue weighted by Crippen LogP contribution is 2.05. The van der Waals surface area contributed by atoms with Crippen molar-refractivity contribution in [3.8, 4) is 0 Å². The summed E-state index contributed by atoms with van der Waals surface area (Å²) in [5, 5.41) is 4.16. The van der Waals surface area contributed by atoms with Crippen molar-refractivity contribution in [3.63, 3.8) is 0 Å². The molecule has 3 amide bonds. The van der Waals surface area contributed by atoms with Crippen LogP contribution in [0.1, 0.15) is 19.8 Å². The molecule has 5 nitrogen and oxygen atoms in total. The molecular formula is C9H15ClN2O3. The van der Waals surface area contributed by atoms with E-state index in [9.17, 15) is 9.59 Å². The third-order valence-electron chi connectivity index (χ3n) is 2.15. The van der Waals surface area contributed by atoms with E-state index in [0.29, 0.717) is 13.2 Å². The fourth-order valence-electron chi connectivity index (χ4n) is 1.27. The Balaban J connectivity index is 2.25. The first-order chi connectivity index (χ1) is 7.09. The van der Waals surface area contributed by atoms with Crippen molar-refractivity contribution in [1.29, 1.82) is 0 Å². The standard InChI is InChI=1S/C9H15ClN2O3/c1-6(10)8(13)12-9(14)11-7-2-4-15-5-3-7/h6-7H,2-5H2,1H3,(H2,11,12,13,14). The number of imide groups is 1. The number of carbonyl (C=O) groups excluding carboxylic acids is 2. The van der Waals surface area contributed by atoms with Crippen molar-refractivity contribution in [1.82, 2.24) is 10.6 Å². The van der Waals surface area contributed by atoms with Crippen molar-refractivity contribution in [2.75, 3.05) is 13.2 Å². The number of rotatable bonds is 2. The van der Waals surface area contributed by atoms with E-state index in [4.69, 9.17) is 16.3 Å². The molecule has 15 heavy (non-hydrogen) atoms. The minimum absolute atomic E-state index is 0.0807. The Bertz CT molecular complexity index is 240. The number of urea groups is 1. The van der Waals surface area contributed by atoms with Gasteiger partial charge in [-0.2, -0.15) is 0 Å². The monoisotopic (exact) mass is 234 g/mol. The molecule has 0 aliphatic carbocycles. The zero-order chi connectivity index (χ0) is 11.3. The van der Waals surface area contributed by atoms with Gasteiger partial charge in [0.25, 0.3) is 0 Å². The van der Waals surface area contributed by atoms with Gasteiger partial charge in [-0.1, -0.05) is 0 Å². The van der Waals surface area contributed by atoms with E-state index in [0.717, 1.165) is 12.8 Å². The summed E-state index contributed by atoms with van der Waals surface area (Å²) in [7, 11) is 0. The van der Waals surface area contributed by atoms with Gasteiger partial charge in [0.2, 0.25) is 5.91 Å². The maximum absolute atomic E-state index is 11.3. The van der Waals surface area contributed by atoms with Gasteiger partial charge in [-0.05, 0) is 19.8 Å². The second kappa shape index (κ2) is 5.92. The number of alkyl halides is 1. The zero-order valence-electron chi connectivity index (χ0n) is 8.59. The molecule has 0 bridgehead atoms. The van der Waals surface area contributed by atoms with E-state index >= 15 is 0 Å². The summed E-state index contributed by atoms with van der Waals surface area (Å²) in [5.74, 6) is -0.485. The lowest BCUT2D eigenvalue weighted by Crippen LogP contribution is -2.47. The van der Waals surface area contributed by atoms with Crippen molar-refractivity contribution in [3.05, 3.63) is 0 Å². The predicted molar refractivity (Wildman–Crippen MR) is 55.8 cm³/mol. The second-order valence-corrected chi connectivity index (χ2v) is 4.12. The van der Waals surface area contributed by atoms with Crippen molar-refractivity contribution >= 4 is 23.5 Å². The minimum Gasteiger partial charge on any atom is -0.381 e. The van der Waals surface area contributed by atoms with E-state index in [1.54, 1.807) is 0 Å². The zero-order valence-corrected chi connectivity index (χ0v) is 9.34. The molecule has 86 valence electrons. The lowest BCUT2D eigenvalue weighted by molar-refractivity contribution is -0.119. The minimum atomic E-state index is -0.703. The Hall–Kier alpha value is -0.810. The fourth-order valence-corrected chi connectivity index (χ4v) is 1.33. The summed E-state index contributed by atoms with van der Waals surface area (Å²) >= 11 is 5.50. The van der Waals surface area contributed by atoms with E-state index < -0.39 is 17.3 Å². The number of nitrogens with one attached hydrogen (secondary N) is 2. The lowest BCUT2D eigenvalue weighted by Gasteiger charge is -2.23. The van der Waals surface area contributed by atoms with Crippen LogP contribution in [-0.2, 0) is 9.53 Å². The van der Waals surface area contributed by atoms with Gasteiger partial charge in [0, 0.05) is 19.3 Å². The Morgan fingerprint density at radius 2 is 2.00 bits per heavy atom. The van der Waals surface area contributed by atoms with Gasteiger partial charge < -0.3 is 10.1 Å². The number of hydrogen-bond acceptors (Lipinski definition) is 3. The Kier molecular flexibility index (Phi) is 4.84. The summed E-state index contributed by atoms with van der Waals surface area (Å²) in [6.45, 7) is 2.80. The molecule has 0 radical (unpaired) electrons. The molecule has 0 aromatic heterocycles. The van der Waals surface area contributed by atoms with Crippen LogP contribution in [0.25, 0.3) is 0 Å². The highest BCUT2D eigenvalue weighted by molar-refractivity contribution is 6.31. The third kappa shape index (κ3) is 4.48. The van der Waals surface area contributed by atoms with Gasteiger partial charge in [0.15, 0.2) is 0 Å². The molecule has 0 aromatic rings. The summed E-state index contributed by atoms with van der Waals surface area (Å²) in [6.07, 6.45) is 1.55. The van der Waals surface area contributed by atoms with Crippen molar-refractivity contribution < 1.29 is 14.3 Å². The highest BCUT2D eigenvalue weighted by Gasteiger charge is 2.18. The average Bonchev–Trinajstić information content (AvgIpc) is 2.18. The molecule has 1 aliphatic rings. The summed E-state index contributed by atoms with van der Waals surface area (Å²) in [5.41, 5.74) is 0. The van der Waals surface area contributed by atoms with Crippen molar-refractivity contribution in [2.24, 2.45) is 0 Å². The molecule has 0 saturated carbocycles. The summed E-state index contributed by atoms with van der Waals surface area (Å²) < 4.78 is 5.14. The number of amides is 3. The van der Waals surface area contributed by atoms with E-state index in [-0.39, 0.29) is 6.04 Å². The predicted octanol–water partition coefficient (Wildman–Crippen LogP) is 0.618. The Morgan fingerprint density at radius 3 is 2.53 bits per heavy atom. The number of ether oxygens (including phenoxy) is 1. The number of hydrogen-bond donors (Lipinski definition) is 2. The van der Waals surface area contributed by atoms with E-state index in [1.807, 2.05) is 0 Å². The lowest BCUT2D eigenvalue weighted by atomic mass is 10.1. The largest absolute Gasteiger partial charge is 0.381 e. The molecule has 2 N–H and O–H groups in total. The van der Waals surface area contributed by atoms with Gasteiger partial charge in [-0.25, -0.2) is 4.79 Å². The van der Waals surface area contributed by atoms with Crippen LogP contribution in [0.3, 0.4) is 0 Å². The van der Waals surface area contributed by atoms with Crippen LogP contribution >= 0.6 is 11.6 Å². The third-order valence-corrected chi connectivity index (χ3v) is 2.35. The van der Waals surface area contributed by atoms with Gasteiger partial charge in [0.1, 0.15) is 5.38 Å². The summed E-state index contributed by atoms with van der Waals surface area (Å²) in [6, 6.07) is -0.406. The van der Waals surface area contributed by atoms with Crippen LogP contribution in [0.2, 0.25) is 0 Å². The fraction of sp³-hybridized carbons (Fsp3) is 0.778. The van der Waals surface area contributed by atoms with Crippen LogP contribution in [-0.4, -0.2) is 36.6 Å². The van der Waals surface area contributed by atoms with Gasteiger partial charge in [-0.15, -0.1) is 11.6 Å². The van der Waals surface area contributed by atoms with Gasteiger partial charge >= 0.3 is 6.03 Å². The molecule has 1 unspecified atom stereocenters. The van der Waals surface area contributed by atoms with Crippen LogP contribution in [0.4, 0.5) is 4.79 Å². The maximum Gasteiger partial charge on any atom is 0.321 e. The number of carbonyl (C=O) groups is 2. The molecule has 1 atom stereocenters. The maximum atomic E-state index is 11.3. The molecule has 1 rings (SSSR count). The first-order valence-electron chi connectivity index (χ1n) is 4.93. The van der Waals surface area contributed by atoms with Crippen molar-refractivity contribution in [2.45, 2.75) is 31.2 Å². The quantitative estimate of drug-likeness (QED) is 0.689. The Labute approximate surface area is 93.5 Å². The van der Waals surface area contributed by atoms with Gasteiger partial charge in [0.05, 0.1) is 0 Å².